The van der Waals surface area contributed by atoms with Crippen LogP contribution in [-0.4, -0.2) is 27.0 Å². The van der Waals surface area contributed by atoms with E-state index in [0.29, 0.717) is 18.7 Å². The molecule has 0 aliphatic carbocycles. The molecule has 0 fully saturated rings. The second-order valence-corrected chi connectivity index (χ2v) is 4.78. The van der Waals surface area contributed by atoms with E-state index in [-0.39, 0.29) is 5.91 Å². The van der Waals surface area contributed by atoms with E-state index in [4.69, 9.17) is 0 Å². The summed E-state index contributed by atoms with van der Waals surface area (Å²) in [6.45, 7) is 1.18. The van der Waals surface area contributed by atoms with Crippen LogP contribution in [0.4, 0.5) is 0 Å². The number of amides is 1. The second kappa shape index (κ2) is 6.67. The van der Waals surface area contributed by atoms with Crippen LogP contribution in [0.15, 0.2) is 67.1 Å². The summed E-state index contributed by atoms with van der Waals surface area (Å²) < 4.78 is 1.98. The minimum Gasteiger partial charge on any atom is -0.350 e. The minimum absolute atomic E-state index is 0.0694. The van der Waals surface area contributed by atoms with Crippen LogP contribution in [0, 0.1) is 0 Å². The Balaban J connectivity index is 1.61. The Labute approximate surface area is 128 Å². The molecule has 3 aromatic rings. The van der Waals surface area contributed by atoms with Crippen LogP contribution >= 0.6 is 0 Å². The number of nitrogens with zero attached hydrogens (tertiary/aromatic N) is 3. The molecule has 2 heterocycles. The highest BCUT2D eigenvalue weighted by Gasteiger charge is 2.07. The van der Waals surface area contributed by atoms with Gasteiger partial charge in [-0.2, -0.15) is 0 Å². The maximum absolute atomic E-state index is 12.0. The Bertz CT molecular complexity index is 738. The second-order valence-electron chi connectivity index (χ2n) is 4.78. The summed E-state index contributed by atoms with van der Waals surface area (Å²) in [7, 11) is 0. The van der Waals surface area contributed by atoms with E-state index in [2.05, 4.69) is 15.3 Å². The molecule has 2 aromatic heterocycles. The van der Waals surface area contributed by atoms with Crippen molar-refractivity contribution in [2.45, 2.75) is 6.54 Å². The van der Waals surface area contributed by atoms with Gasteiger partial charge in [-0.05, 0) is 24.3 Å². The van der Waals surface area contributed by atoms with Crippen molar-refractivity contribution >= 4 is 5.91 Å². The average Bonchev–Trinajstić information content (AvgIpc) is 3.05. The van der Waals surface area contributed by atoms with Crippen molar-refractivity contribution in [3.8, 4) is 11.5 Å². The highest BCUT2D eigenvalue weighted by atomic mass is 16.1. The molecule has 22 heavy (non-hydrogen) atoms. The number of nitrogens with one attached hydrogen (secondary N) is 1. The van der Waals surface area contributed by atoms with Crippen molar-refractivity contribution in [3.05, 3.63) is 72.7 Å². The molecule has 0 radical (unpaired) electrons. The predicted molar refractivity (Wildman–Crippen MR) is 84.2 cm³/mol. The lowest BCUT2D eigenvalue weighted by atomic mass is 10.2. The molecule has 0 atom stereocenters. The van der Waals surface area contributed by atoms with E-state index >= 15 is 0 Å². The lowest BCUT2D eigenvalue weighted by Crippen LogP contribution is -2.27. The van der Waals surface area contributed by atoms with Crippen LogP contribution in [-0.2, 0) is 6.54 Å². The zero-order valence-corrected chi connectivity index (χ0v) is 12.0. The normalized spacial score (nSPS) is 10.4. The van der Waals surface area contributed by atoms with Gasteiger partial charge in [-0.15, -0.1) is 0 Å². The van der Waals surface area contributed by atoms with Crippen LogP contribution in [0.5, 0.6) is 0 Å². The van der Waals surface area contributed by atoms with Crippen LogP contribution in [0.25, 0.3) is 11.5 Å². The zero-order chi connectivity index (χ0) is 15.2. The number of rotatable bonds is 5. The summed E-state index contributed by atoms with van der Waals surface area (Å²) in [4.78, 5) is 20.6. The minimum atomic E-state index is -0.0694. The molecule has 1 aromatic carbocycles. The average molecular weight is 292 g/mol. The van der Waals surface area contributed by atoms with E-state index in [1.165, 1.54) is 0 Å². The molecule has 3 rings (SSSR count). The van der Waals surface area contributed by atoms with Gasteiger partial charge in [0.05, 0.1) is 0 Å². The van der Waals surface area contributed by atoms with E-state index in [1.54, 1.807) is 24.5 Å². The molecule has 0 saturated carbocycles. The number of hydrogen-bond donors (Lipinski definition) is 1. The lowest BCUT2D eigenvalue weighted by molar-refractivity contribution is 0.0952. The molecule has 5 nitrogen and oxygen atoms in total. The van der Waals surface area contributed by atoms with Crippen molar-refractivity contribution < 1.29 is 4.79 Å². The van der Waals surface area contributed by atoms with Gasteiger partial charge in [-0.3, -0.25) is 9.78 Å². The molecule has 0 unspecified atom stereocenters. The number of pyridine rings is 1. The summed E-state index contributed by atoms with van der Waals surface area (Å²) in [5.41, 5.74) is 1.49. The molecule has 0 bridgehead atoms. The predicted octanol–water partition coefficient (Wildman–Crippen LogP) is 2.38. The summed E-state index contributed by atoms with van der Waals surface area (Å²) in [6.07, 6.45) is 5.37. The fourth-order valence-electron chi connectivity index (χ4n) is 2.20. The zero-order valence-electron chi connectivity index (χ0n) is 12.0. The van der Waals surface area contributed by atoms with Gasteiger partial charge in [-0.1, -0.05) is 24.3 Å². The van der Waals surface area contributed by atoms with Crippen LogP contribution in [0.1, 0.15) is 10.4 Å². The Morgan fingerprint density at radius 1 is 1.00 bits per heavy atom. The Kier molecular flexibility index (Phi) is 4.25. The molecule has 0 spiro atoms. The quantitative estimate of drug-likeness (QED) is 0.785. The van der Waals surface area contributed by atoms with E-state index in [0.717, 1.165) is 11.5 Å². The van der Waals surface area contributed by atoms with Gasteiger partial charge in [0.2, 0.25) is 0 Å². The molecule has 0 aliphatic rings. The van der Waals surface area contributed by atoms with Crippen molar-refractivity contribution in [2.75, 3.05) is 6.54 Å². The fraction of sp³-hybridized carbons (Fsp3) is 0.118. The van der Waals surface area contributed by atoms with E-state index < -0.39 is 0 Å². The first-order valence-corrected chi connectivity index (χ1v) is 7.10. The number of hydrogen-bond acceptors (Lipinski definition) is 3. The van der Waals surface area contributed by atoms with Gasteiger partial charge in [-0.25, -0.2) is 4.98 Å². The molecule has 0 aliphatic heterocycles. The number of benzene rings is 1. The Morgan fingerprint density at radius 2 is 1.82 bits per heavy atom. The SMILES string of the molecule is O=C(NCCn1ccnc1-c1ccccn1)c1ccccc1. The number of aromatic nitrogens is 3. The maximum atomic E-state index is 12.0. The Morgan fingerprint density at radius 3 is 2.59 bits per heavy atom. The third-order valence-electron chi connectivity index (χ3n) is 3.28. The topological polar surface area (TPSA) is 59.8 Å². The summed E-state index contributed by atoms with van der Waals surface area (Å²) >= 11 is 0. The van der Waals surface area contributed by atoms with Crippen LogP contribution in [0.2, 0.25) is 0 Å². The van der Waals surface area contributed by atoms with E-state index in [1.807, 2.05) is 47.2 Å². The fourth-order valence-corrected chi connectivity index (χ4v) is 2.20. The van der Waals surface area contributed by atoms with Gasteiger partial charge in [0, 0.05) is 37.2 Å². The van der Waals surface area contributed by atoms with Crippen molar-refractivity contribution in [1.29, 1.82) is 0 Å². The molecule has 1 amide bonds. The molecular formula is C17H16N4O. The summed E-state index contributed by atoms with van der Waals surface area (Å²) in [5, 5.41) is 2.91. The van der Waals surface area contributed by atoms with E-state index in [9.17, 15) is 4.79 Å². The van der Waals surface area contributed by atoms with Gasteiger partial charge < -0.3 is 9.88 Å². The standard InChI is InChI=1S/C17H16N4O/c22-17(14-6-2-1-3-7-14)20-11-13-21-12-10-19-16(21)15-8-4-5-9-18-15/h1-10,12H,11,13H2,(H,20,22). The highest BCUT2D eigenvalue weighted by Crippen LogP contribution is 2.13. The number of imidazole rings is 1. The van der Waals surface area contributed by atoms with Crippen LogP contribution in [0.3, 0.4) is 0 Å². The van der Waals surface area contributed by atoms with Crippen LogP contribution < -0.4 is 5.32 Å². The maximum Gasteiger partial charge on any atom is 0.251 e. The molecule has 5 heteroatoms. The summed E-state index contributed by atoms with van der Waals surface area (Å²) in [5.74, 6) is 0.731. The van der Waals surface area contributed by atoms with Crippen molar-refractivity contribution in [3.63, 3.8) is 0 Å². The van der Waals surface area contributed by atoms with Gasteiger partial charge in [0.1, 0.15) is 5.69 Å². The monoisotopic (exact) mass is 292 g/mol. The van der Waals surface area contributed by atoms with Crippen molar-refractivity contribution in [2.24, 2.45) is 0 Å². The first-order valence-electron chi connectivity index (χ1n) is 7.10. The summed E-state index contributed by atoms with van der Waals surface area (Å²) in [6, 6.07) is 14.9. The smallest absolute Gasteiger partial charge is 0.251 e. The molecule has 110 valence electrons. The molecule has 0 saturated heterocycles. The van der Waals surface area contributed by atoms with Crippen molar-refractivity contribution in [1.82, 2.24) is 19.9 Å². The third-order valence-corrected chi connectivity index (χ3v) is 3.28. The van der Waals surface area contributed by atoms with Gasteiger partial charge in [0.15, 0.2) is 5.82 Å². The van der Waals surface area contributed by atoms with Gasteiger partial charge >= 0.3 is 0 Å². The lowest BCUT2D eigenvalue weighted by Gasteiger charge is -2.09. The van der Waals surface area contributed by atoms with Gasteiger partial charge in [0.25, 0.3) is 5.91 Å². The first-order chi connectivity index (χ1) is 10.8. The molecular weight excluding hydrogens is 276 g/mol. The number of carbonyl (C=O) groups is 1. The number of carbonyl (C=O) groups excluding carboxylic acids is 1. The largest absolute Gasteiger partial charge is 0.350 e. The first kappa shape index (κ1) is 14.0. The molecule has 1 N–H and O–H groups in total. The third kappa shape index (κ3) is 3.20. The highest BCUT2D eigenvalue weighted by molar-refractivity contribution is 5.94. The Hall–Kier alpha value is -2.95.